The topological polar surface area (TPSA) is 95.9 Å². The summed E-state index contributed by atoms with van der Waals surface area (Å²) in [7, 11) is 0. The molecule has 64 heavy (non-hydrogen) atoms. The van der Waals surface area contributed by atoms with Crippen LogP contribution < -0.4 is 5.32 Å². The quantitative estimate of drug-likeness (QED) is 0.0321. The molecule has 0 bridgehead atoms. The van der Waals surface area contributed by atoms with Crippen LogP contribution in [0.5, 0.6) is 0 Å². The van der Waals surface area contributed by atoms with Crippen LogP contribution in [-0.4, -0.2) is 46.9 Å². The van der Waals surface area contributed by atoms with Gasteiger partial charge in [0.05, 0.1) is 25.2 Å². The highest BCUT2D eigenvalue weighted by Gasteiger charge is 2.24. The third-order valence-corrected chi connectivity index (χ3v) is 12.4. The van der Waals surface area contributed by atoms with Gasteiger partial charge in [-0.25, -0.2) is 0 Å². The van der Waals surface area contributed by atoms with E-state index in [1.807, 2.05) is 6.08 Å². The summed E-state index contributed by atoms with van der Waals surface area (Å²) < 4.78 is 5.91. The summed E-state index contributed by atoms with van der Waals surface area (Å²) in [5, 5.41) is 23.8. The second-order valence-electron chi connectivity index (χ2n) is 18.6. The van der Waals surface area contributed by atoms with Gasteiger partial charge in [-0.3, -0.25) is 9.59 Å². The van der Waals surface area contributed by atoms with Gasteiger partial charge in [-0.1, -0.05) is 261 Å². The molecule has 0 saturated heterocycles. The van der Waals surface area contributed by atoms with Crippen LogP contribution in [-0.2, 0) is 14.3 Å². The van der Waals surface area contributed by atoms with Crippen molar-refractivity contribution >= 4 is 11.9 Å². The summed E-state index contributed by atoms with van der Waals surface area (Å²) in [6, 6.07) is -0.716. The molecule has 0 aromatic heterocycles. The molecule has 0 aliphatic carbocycles. The molecule has 0 aliphatic heterocycles. The summed E-state index contributed by atoms with van der Waals surface area (Å²) in [4.78, 5) is 26.2. The van der Waals surface area contributed by atoms with E-state index in [-0.39, 0.29) is 31.3 Å². The van der Waals surface area contributed by atoms with Gasteiger partial charge in [0.15, 0.2) is 0 Å². The predicted molar refractivity (Wildman–Crippen MR) is 278 cm³/mol. The molecule has 0 aromatic carbocycles. The number of ether oxygens (including phenoxy) is 1. The average Bonchev–Trinajstić information content (AvgIpc) is 3.29. The van der Waals surface area contributed by atoms with Crippen molar-refractivity contribution in [2.45, 2.75) is 289 Å². The number of allylic oxidation sites excluding steroid dienone is 10. The molecule has 0 rings (SSSR count). The zero-order valence-corrected chi connectivity index (χ0v) is 42.4. The van der Waals surface area contributed by atoms with Crippen molar-refractivity contribution in [2.75, 3.05) is 6.61 Å². The Morgan fingerprint density at radius 1 is 0.469 bits per heavy atom. The molecule has 0 aromatic rings. The number of hydrogen-bond acceptors (Lipinski definition) is 5. The van der Waals surface area contributed by atoms with Crippen LogP contribution in [0.3, 0.4) is 0 Å². The van der Waals surface area contributed by atoms with E-state index in [0.717, 1.165) is 70.6 Å². The van der Waals surface area contributed by atoms with Gasteiger partial charge in [-0.15, -0.1) is 0 Å². The Bertz CT molecular complexity index is 1140. The van der Waals surface area contributed by atoms with Crippen molar-refractivity contribution in [1.29, 1.82) is 0 Å². The van der Waals surface area contributed by atoms with Gasteiger partial charge in [0, 0.05) is 6.42 Å². The Labute approximate surface area is 397 Å². The standard InChI is InChI=1S/C58H105NO5/c1-4-7-10-13-16-19-22-25-27-29-32-34-37-40-43-46-49-54(64-58(63)51-48-45-42-39-36-33-30-28-26-23-20-17-14-11-8-5-2)52-57(62)59-55(53-60)56(61)50-47-44-41-38-35-31-24-21-18-15-12-9-6-3/h8,11,17,20,26,28,33,36,42,45,54-56,60-61H,4-7,9-10,12-16,18-19,21-25,27,29-32,34-35,37-41,43-44,46-53H2,1-3H3,(H,59,62)/b11-8+,20-17+,28-26+,36-33+,45-42+. The lowest BCUT2D eigenvalue weighted by Crippen LogP contribution is -2.46. The summed E-state index contributed by atoms with van der Waals surface area (Å²) in [6.45, 7) is 6.37. The van der Waals surface area contributed by atoms with Crippen molar-refractivity contribution in [3.8, 4) is 0 Å². The maximum absolute atomic E-state index is 13.2. The largest absolute Gasteiger partial charge is 0.462 e. The molecular weight excluding hydrogens is 791 g/mol. The Morgan fingerprint density at radius 2 is 0.812 bits per heavy atom. The molecule has 3 N–H and O–H groups in total. The fourth-order valence-corrected chi connectivity index (χ4v) is 8.25. The normalized spacial score (nSPS) is 13.6. The first-order chi connectivity index (χ1) is 31.5. The SMILES string of the molecule is CC/C=C/C/C=C/C/C=C/C/C=C/C/C=C/CCC(=O)OC(CCCCCCCCCCCCCCCCCC)CC(=O)NC(CO)C(O)CCCCCCCCCCCCCCC. The molecule has 3 unspecified atom stereocenters. The van der Waals surface area contributed by atoms with Crippen LogP contribution in [0, 0.1) is 0 Å². The minimum atomic E-state index is -0.800. The summed E-state index contributed by atoms with van der Waals surface area (Å²) >= 11 is 0. The number of rotatable bonds is 49. The first-order valence-corrected chi connectivity index (χ1v) is 27.5. The molecule has 0 saturated carbocycles. The number of aliphatic hydroxyl groups is 2. The lowest BCUT2D eigenvalue weighted by atomic mass is 10.0. The molecule has 6 heteroatoms. The Kier molecular flexibility index (Phi) is 49.6. The van der Waals surface area contributed by atoms with Crippen LogP contribution in [0.4, 0.5) is 0 Å². The molecule has 0 aliphatic rings. The van der Waals surface area contributed by atoms with Gasteiger partial charge in [0.2, 0.25) is 5.91 Å². The van der Waals surface area contributed by atoms with E-state index in [4.69, 9.17) is 4.74 Å². The number of unbranched alkanes of at least 4 members (excludes halogenated alkanes) is 27. The zero-order valence-electron chi connectivity index (χ0n) is 42.4. The number of nitrogens with one attached hydrogen (secondary N) is 1. The van der Waals surface area contributed by atoms with Crippen molar-refractivity contribution in [3.63, 3.8) is 0 Å². The van der Waals surface area contributed by atoms with Gasteiger partial charge in [-0.05, 0) is 57.8 Å². The molecule has 3 atom stereocenters. The summed E-state index contributed by atoms with van der Waals surface area (Å²) in [6.07, 6.45) is 64.3. The number of aliphatic hydroxyl groups excluding tert-OH is 2. The number of hydrogen-bond donors (Lipinski definition) is 3. The Morgan fingerprint density at radius 3 is 1.19 bits per heavy atom. The van der Waals surface area contributed by atoms with Crippen LogP contribution in [0.2, 0.25) is 0 Å². The van der Waals surface area contributed by atoms with Gasteiger partial charge in [0.1, 0.15) is 6.10 Å². The molecule has 0 fully saturated rings. The molecule has 0 radical (unpaired) electrons. The van der Waals surface area contributed by atoms with Gasteiger partial charge in [-0.2, -0.15) is 0 Å². The molecular formula is C58H105NO5. The molecule has 1 amide bonds. The van der Waals surface area contributed by atoms with Gasteiger partial charge >= 0.3 is 5.97 Å². The summed E-state index contributed by atoms with van der Waals surface area (Å²) in [5.74, 6) is -0.563. The third kappa shape index (κ3) is 46.1. The van der Waals surface area contributed by atoms with Crippen molar-refractivity contribution < 1.29 is 24.5 Å². The predicted octanol–water partition coefficient (Wildman–Crippen LogP) is 16.8. The summed E-state index contributed by atoms with van der Waals surface area (Å²) in [5.41, 5.74) is 0. The molecule has 0 spiro atoms. The maximum Gasteiger partial charge on any atom is 0.306 e. The first kappa shape index (κ1) is 61.6. The van der Waals surface area contributed by atoms with Gasteiger partial charge < -0.3 is 20.3 Å². The molecule has 372 valence electrons. The fourth-order valence-electron chi connectivity index (χ4n) is 8.25. The van der Waals surface area contributed by atoms with E-state index in [0.29, 0.717) is 19.3 Å². The maximum atomic E-state index is 13.2. The number of carbonyl (C=O) groups excluding carboxylic acids is 2. The minimum absolute atomic E-state index is 0.0497. The number of carbonyl (C=O) groups is 2. The first-order valence-electron chi connectivity index (χ1n) is 27.5. The molecule has 6 nitrogen and oxygen atoms in total. The lowest BCUT2D eigenvalue weighted by Gasteiger charge is -2.24. The van der Waals surface area contributed by atoms with Crippen LogP contribution >= 0.6 is 0 Å². The van der Waals surface area contributed by atoms with Crippen LogP contribution in [0.1, 0.15) is 271 Å². The highest BCUT2D eigenvalue weighted by molar-refractivity contribution is 5.77. The smallest absolute Gasteiger partial charge is 0.306 e. The van der Waals surface area contributed by atoms with E-state index in [1.165, 1.54) is 148 Å². The van der Waals surface area contributed by atoms with Crippen molar-refractivity contribution in [1.82, 2.24) is 5.32 Å². The van der Waals surface area contributed by atoms with Crippen molar-refractivity contribution in [3.05, 3.63) is 60.8 Å². The third-order valence-electron chi connectivity index (χ3n) is 12.4. The Hall–Kier alpha value is -2.44. The van der Waals surface area contributed by atoms with E-state index in [1.54, 1.807) is 0 Å². The van der Waals surface area contributed by atoms with Gasteiger partial charge in [0.25, 0.3) is 0 Å². The zero-order chi connectivity index (χ0) is 46.7. The number of amides is 1. The highest BCUT2D eigenvalue weighted by atomic mass is 16.5. The minimum Gasteiger partial charge on any atom is -0.462 e. The second kappa shape index (κ2) is 51.5. The van der Waals surface area contributed by atoms with E-state index < -0.39 is 18.2 Å². The van der Waals surface area contributed by atoms with Crippen LogP contribution in [0.15, 0.2) is 60.8 Å². The van der Waals surface area contributed by atoms with E-state index >= 15 is 0 Å². The lowest BCUT2D eigenvalue weighted by molar-refractivity contribution is -0.150. The van der Waals surface area contributed by atoms with E-state index in [9.17, 15) is 19.8 Å². The van der Waals surface area contributed by atoms with Crippen molar-refractivity contribution in [2.24, 2.45) is 0 Å². The average molecular weight is 896 g/mol. The highest BCUT2D eigenvalue weighted by Crippen LogP contribution is 2.18. The number of esters is 1. The van der Waals surface area contributed by atoms with E-state index in [2.05, 4.69) is 80.8 Å². The molecule has 0 heterocycles. The fraction of sp³-hybridized carbons (Fsp3) is 0.793. The monoisotopic (exact) mass is 896 g/mol. The van der Waals surface area contributed by atoms with Crippen LogP contribution in [0.25, 0.3) is 0 Å². The Balaban J connectivity index is 4.66. The second-order valence-corrected chi connectivity index (χ2v) is 18.6.